The molecular formula is C21H38N4OS. The van der Waals surface area contributed by atoms with E-state index in [1.807, 2.05) is 11.8 Å². The molecular weight excluding hydrogens is 356 g/mol. The van der Waals surface area contributed by atoms with Gasteiger partial charge in [0.2, 0.25) is 0 Å². The standard InChI is InChI=1S/C21H38N4OS/c1-3-22-20(23-16-21(27-2)6-12-26-13-7-21)25-10-8-24(9-11-25)19-15-17-4-5-18(19)14-17/h17-19H,3-16H2,1-2H3,(H,22,23). The quantitative estimate of drug-likeness (QED) is 0.573. The highest BCUT2D eigenvalue weighted by Crippen LogP contribution is 2.46. The van der Waals surface area contributed by atoms with Gasteiger partial charge in [0.15, 0.2) is 5.96 Å². The van der Waals surface area contributed by atoms with Gasteiger partial charge in [-0.25, -0.2) is 0 Å². The summed E-state index contributed by atoms with van der Waals surface area (Å²) < 4.78 is 5.85. The Morgan fingerprint density at radius 2 is 1.93 bits per heavy atom. The smallest absolute Gasteiger partial charge is 0.194 e. The lowest BCUT2D eigenvalue weighted by molar-refractivity contribution is 0.0790. The topological polar surface area (TPSA) is 40.1 Å². The number of nitrogens with one attached hydrogen (secondary N) is 1. The van der Waals surface area contributed by atoms with Crippen molar-refractivity contribution in [2.24, 2.45) is 16.8 Å². The SMILES string of the molecule is CCNC(=NCC1(SC)CCOCC1)N1CCN(C2CC3CCC2C3)CC1. The van der Waals surface area contributed by atoms with Crippen LogP contribution in [0, 0.1) is 11.8 Å². The number of hydrogen-bond acceptors (Lipinski definition) is 4. The van der Waals surface area contributed by atoms with E-state index >= 15 is 0 Å². The van der Waals surface area contributed by atoms with Gasteiger partial charge in [-0.05, 0) is 57.1 Å². The van der Waals surface area contributed by atoms with Gasteiger partial charge >= 0.3 is 0 Å². The zero-order valence-electron chi connectivity index (χ0n) is 17.3. The number of guanidine groups is 1. The molecule has 4 rings (SSSR count). The molecule has 0 aromatic rings. The maximum atomic E-state index is 5.59. The molecule has 4 fully saturated rings. The van der Waals surface area contributed by atoms with Gasteiger partial charge in [-0.2, -0.15) is 11.8 Å². The number of nitrogens with zero attached hydrogens (tertiary/aromatic N) is 3. The molecule has 2 saturated carbocycles. The van der Waals surface area contributed by atoms with Gasteiger partial charge in [-0.15, -0.1) is 0 Å². The minimum Gasteiger partial charge on any atom is -0.381 e. The van der Waals surface area contributed by atoms with Crippen LogP contribution >= 0.6 is 11.8 Å². The van der Waals surface area contributed by atoms with Crippen LogP contribution in [0.15, 0.2) is 4.99 Å². The third-order valence-corrected chi connectivity index (χ3v) is 8.88. The number of hydrogen-bond donors (Lipinski definition) is 1. The Morgan fingerprint density at radius 1 is 1.15 bits per heavy atom. The Balaban J connectivity index is 1.34. The number of piperazine rings is 1. The zero-order chi connectivity index (χ0) is 18.7. The fourth-order valence-electron chi connectivity index (χ4n) is 5.74. The molecule has 154 valence electrons. The number of fused-ring (bicyclic) bond motifs is 2. The van der Waals surface area contributed by atoms with Crippen LogP contribution in [0.2, 0.25) is 0 Å². The van der Waals surface area contributed by atoms with E-state index in [1.54, 1.807) is 0 Å². The second kappa shape index (κ2) is 8.91. The molecule has 5 nitrogen and oxygen atoms in total. The van der Waals surface area contributed by atoms with Crippen molar-refractivity contribution in [2.75, 3.05) is 58.7 Å². The first-order valence-corrected chi connectivity index (χ1v) is 12.4. The average molecular weight is 395 g/mol. The van der Waals surface area contributed by atoms with E-state index in [-0.39, 0.29) is 4.75 Å². The maximum Gasteiger partial charge on any atom is 0.194 e. The van der Waals surface area contributed by atoms with Crippen LogP contribution in [-0.4, -0.2) is 85.3 Å². The third-order valence-electron chi connectivity index (χ3n) is 7.47. The van der Waals surface area contributed by atoms with Crippen LogP contribution in [-0.2, 0) is 4.74 Å². The van der Waals surface area contributed by atoms with Gasteiger partial charge in [0, 0.05) is 56.7 Å². The van der Waals surface area contributed by atoms with Crippen molar-refractivity contribution in [2.45, 2.75) is 56.2 Å². The molecule has 0 aromatic carbocycles. The molecule has 6 heteroatoms. The van der Waals surface area contributed by atoms with Crippen LogP contribution < -0.4 is 5.32 Å². The lowest BCUT2D eigenvalue weighted by Crippen LogP contribution is -2.55. The van der Waals surface area contributed by atoms with E-state index in [9.17, 15) is 0 Å². The Bertz CT molecular complexity index is 514. The van der Waals surface area contributed by atoms with Crippen molar-refractivity contribution < 1.29 is 4.74 Å². The maximum absolute atomic E-state index is 5.59. The van der Waals surface area contributed by atoms with E-state index in [0.29, 0.717) is 0 Å². The van der Waals surface area contributed by atoms with Crippen LogP contribution in [0.5, 0.6) is 0 Å². The van der Waals surface area contributed by atoms with Crippen LogP contribution in [0.4, 0.5) is 0 Å². The first-order valence-electron chi connectivity index (χ1n) is 11.1. The van der Waals surface area contributed by atoms with Gasteiger partial charge in [-0.1, -0.05) is 6.42 Å². The first kappa shape index (κ1) is 19.8. The predicted octanol–water partition coefficient (Wildman–Crippen LogP) is 2.67. The summed E-state index contributed by atoms with van der Waals surface area (Å²) in [7, 11) is 0. The normalized spacial score (nSPS) is 34.2. The van der Waals surface area contributed by atoms with E-state index in [1.165, 1.54) is 38.8 Å². The highest BCUT2D eigenvalue weighted by Gasteiger charge is 2.43. The molecule has 0 aromatic heterocycles. The third kappa shape index (κ3) is 4.43. The molecule has 2 bridgehead atoms. The summed E-state index contributed by atoms with van der Waals surface area (Å²) in [5, 5.41) is 3.56. The number of aliphatic imine (C=N–C) groups is 1. The number of ether oxygens (including phenoxy) is 1. The van der Waals surface area contributed by atoms with Gasteiger partial charge in [0.25, 0.3) is 0 Å². The molecule has 2 aliphatic heterocycles. The molecule has 4 aliphatic rings. The van der Waals surface area contributed by atoms with Gasteiger partial charge in [0.1, 0.15) is 0 Å². The second-order valence-electron chi connectivity index (χ2n) is 8.93. The van der Waals surface area contributed by atoms with Gasteiger partial charge < -0.3 is 15.0 Å². The minimum absolute atomic E-state index is 0.268. The second-order valence-corrected chi connectivity index (χ2v) is 10.2. The molecule has 3 atom stereocenters. The summed E-state index contributed by atoms with van der Waals surface area (Å²) in [5.41, 5.74) is 0. The summed E-state index contributed by atoms with van der Waals surface area (Å²) in [5.74, 6) is 3.17. The van der Waals surface area contributed by atoms with Gasteiger partial charge in [-0.3, -0.25) is 9.89 Å². The van der Waals surface area contributed by atoms with Crippen molar-refractivity contribution in [1.82, 2.24) is 15.1 Å². The molecule has 27 heavy (non-hydrogen) atoms. The lowest BCUT2D eigenvalue weighted by atomic mass is 9.93. The van der Waals surface area contributed by atoms with Crippen LogP contribution in [0.1, 0.15) is 45.4 Å². The Kier molecular flexibility index (Phi) is 6.55. The van der Waals surface area contributed by atoms with E-state index < -0.39 is 0 Å². The highest BCUT2D eigenvalue weighted by atomic mass is 32.2. The summed E-state index contributed by atoms with van der Waals surface area (Å²) in [6.45, 7) is 10.5. The van der Waals surface area contributed by atoms with E-state index in [2.05, 4.69) is 28.3 Å². The summed E-state index contributed by atoms with van der Waals surface area (Å²) in [4.78, 5) is 10.4. The molecule has 0 radical (unpaired) electrons. The van der Waals surface area contributed by atoms with Crippen molar-refractivity contribution in [1.29, 1.82) is 0 Å². The predicted molar refractivity (Wildman–Crippen MR) is 115 cm³/mol. The lowest BCUT2D eigenvalue weighted by Gasteiger charge is -2.42. The van der Waals surface area contributed by atoms with E-state index in [0.717, 1.165) is 76.1 Å². The summed E-state index contributed by atoms with van der Waals surface area (Å²) in [6, 6.07) is 0.882. The van der Waals surface area contributed by atoms with Gasteiger partial charge in [0.05, 0.1) is 6.54 Å². The summed E-state index contributed by atoms with van der Waals surface area (Å²) in [6.07, 6.45) is 10.4. The van der Waals surface area contributed by atoms with Crippen molar-refractivity contribution >= 4 is 17.7 Å². The molecule has 1 N–H and O–H groups in total. The molecule has 2 saturated heterocycles. The monoisotopic (exact) mass is 394 g/mol. The first-order chi connectivity index (χ1) is 13.2. The molecule has 0 amide bonds. The Morgan fingerprint density at radius 3 is 2.52 bits per heavy atom. The van der Waals surface area contributed by atoms with Crippen molar-refractivity contribution in [3.05, 3.63) is 0 Å². The van der Waals surface area contributed by atoms with Crippen molar-refractivity contribution in [3.63, 3.8) is 0 Å². The number of thioether (sulfide) groups is 1. The fourth-order valence-corrected chi connectivity index (χ4v) is 6.51. The molecule has 0 spiro atoms. The Labute approximate surface area is 169 Å². The average Bonchev–Trinajstić information content (AvgIpc) is 3.36. The Hall–Kier alpha value is -0.460. The molecule has 2 aliphatic carbocycles. The molecule has 2 heterocycles. The summed E-state index contributed by atoms with van der Waals surface area (Å²) >= 11 is 1.98. The van der Waals surface area contributed by atoms with Crippen LogP contribution in [0.3, 0.4) is 0 Å². The number of rotatable bonds is 5. The minimum atomic E-state index is 0.268. The zero-order valence-corrected chi connectivity index (χ0v) is 18.1. The van der Waals surface area contributed by atoms with Crippen molar-refractivity contribution in [3.8, 4) is 0 Å². The fraction of sp³-hybridized carbons (Fsp3) is 0.952. The van der Waals surface area contributed by atoms with E-state index in [4.69, 9.17) is 9.73 Å². The molecule has 3 unspecified atom stereocenters. The largest absolute Gasteiger partial charge is 0.381 e. The highest BCUT2D eigenvalue weighted by molar-refractivity contribution is 8.00. The van der Waals surface area contributed by atoms with Crippen LogP contribution in [0.25, 0.3) is 0 Å².